The van der Waals surface area contributed by atoms with Gasteiger partial charge in [0.05, 0.1) is 25.7 Å². The predicted octanol–water partition coefficient (Wildman–Crippen LogP) is 0.0911. The number of carbonyl (C=O) groups is 3. The Morgan fingerprint density at radius 2 is 2.05 bits per heavy atom. The van der Waals surface area contributed by atoms with Crippen LogP contribution in [-0.4, -0.2) is 71.6 Å². The standard InChI is InChI=1S/C14H22N2O5/c17-12-4-2-1-3-5-15(12)10-13(18)16-6-7-21-11(9-16)8-14(19)20/h11H,1-10H2,(H,19,20). The summed E-state index contributed by atoms with van der Waals surface area (Å²) >= 11 is 0. The van der Waals surface area contributed by atoms with Crippen LogP contribution in [0.3, 0.4) is 0 Å². The Kier molecular flexibility index (Phi) is 5.55. The number of carboxylic acid groups (broad SMARTS) is 1. The summed E-state index contributed by atoms with van der Waals surface area (Å²) in [6, 6.07) is 0. The lowest BCUT2D eigenvalue weighted by Crippen LogP contribution is -2.50. The molecule has 0 aromatic heterocycles. The van der Waals surface area contributed by atoms with E-state index in [1.807, 2.05) is 0 Å². The van der Waals surface area contributed by atoms with E-state index in [9.17, 15) is 14.4 Å². The highest BCUT2D eigenvalue weighted by Gasteiger charge is 2.28. The summed E-state index contributed by atoms with van der Waals surface area (Å²) in [6.07, 6.45) is 2.80. The van der Waals surface area contributed by atoms with Crippen LogP contribution in [0.15, 0.2) is 0 Å². The summed E-state index contributed by atoms with van der Waals surface area (Å²) < 4.78 is 5.35. The third-order valence-electron chi connectivity index (χ3n) is 3.89. The first kappa shape index (κ1) is 15.8. The molecular formula is C14H22N2O5. The van der Waals surface area contributed by atoms with Crippen molar-refractivity contribution in [2.45, 2.75) is 38.2 Å². The van der Waals surface area contributed by atoms with Crippen LogP contribution in [0.1, 0.15) is 32.1 Å². The number of carbonyl (C=O) groups excluding carboxylic acids is 2. The fraction of sp³-hybridized carbons (Fsp3) is 0.786. The molecule has 0 aromatic rings. The van der Waals surface area contributed by atoms with Crippen molar-refractivity contribution in [3.05, 3.63) is 0 Å². The normalized spacial score (nSPS) is 23.8. The minimum Gasteiger partial charge on any atom is -0.481 e. The molecular weight excluding hydrogens is 276 g/mol. The first-order valence-electron chi connectivity index (χ1n) is 7.45. The highest BCUT2D eigenvalue weighted by Crippen LogP contribution is 2.13. The molecule has 21 heavy (non-hydrogen) atoms. The number of carboxylic acids is 1. The van der Waals surface area contributed by atoms with Gasteiger partial charge in [0, 0.05) is 26.1 Å². The smallest absolute Gasteiger partial charge is 0.306 e. The third-order valence-corrected chi connectivity index (χ3v) is 3.89. The summed E-state index contributed by atoms with van der Waals surface area (Å²) in [5.41, 5.74) is 0. The largest absolute Gasteiger partial charge is 0.481 e. The van der Waals surface area contributed by atoms with E-state index >= 15 is 0 Å². The molecule has 0 aliphatic carbocycles. The van der Waals surface area contributed by atoms with E-state index in [-0.39, 0.29) is 31.3 Å². The second-order valence-corrected chi connectivity index (χ2v) is 5.56. The minimum absolute atomic E-state index is 0.0381. The Morgan fingerprint density at radius 3 is 2.81 bits per heavy atom. The Bertz CT molecular complexity index is 412. The van der Waals surface area contributed by atoms with Crippen LogP contribution in [0.5, 0.6) is 0 Å². The summed E-state index contributed by atoms with van der Waals surface area (Å²) in [4.78, 5) is 38.1. The Morgan fingerprint density at radius 1 is 1.24 bits per heavy atom. The number of morpholine rings is 1. The molecule has 1 unspecified atom stereocenters. The van der Waals surface area contributed by atoms with Gasteiger partial charge in [-0.25, -0.2) is 0 Å². The minimum atomic E-state index is -0.933. The summed E-state index contributed by atoms with van der Waals surface area (Å²) in [5.74, 6) is -1.02. The summed E-state index contributed by atoms with van der Waals surface area (Å²) in [7, 11) is 0. The number of hydrogen-bond donors (Lipinski definition) is 1. The molecule has 0 aromatic carbocycles. The van der Waals surface area contributed by atoms with Gasteiger partial charge in [0.1, 0.15) is 0 Å². The maximum absolute atomic E-state index is 12.3. The Hall–Kier alpha value is -1.63. The second-order valence-electron chi connectivity index (χ2n) is 5.56. The van der Waals surface area contributed by atoms with Gasteiger partial charge in [0.25, 0.3) is 0 Å². The van der Waals surface area contributed by atoms with Crippen molar-refractivity contribution in [3.8, 4) is 0 Å². The fourth-order valence-corrected chi connectivity index (χ4v) is 2.73. The molecule has 7 nitrogen and oxygen atoms in total. The lowest BCUT2D eigenvalue weighted by Gasteiger charge is -2.33. The summed E-state index contributed by atoms with van der Waals surface area (Å²) in [5, 5.41) is 8.78. The lowest BCUT2D eigenvalue weighted by molar-refractivity contribution is -0.149. The van der Waals surface area contributed by atoms with Crippen LogP contribution in [-0.2, 0) is 19.1 Å². The molecule has 2 aliphatic heterocycles. The number of aliphatic carboxylic acids is 1. The first-order chi connectivity index (χ1) is 10.1. The SMILES string of the molecule is O=C(O)CC1CN(C(=O)CN2CCCCCC2=O)CCO1. The van der Waals surface area contributed by atoms with E-state index in [2.05, 4.69) is 0 Å². The molecule has 2 aliphatic rings. The summed E-state index contributed by atoms with van der Waals surface area (Å²) in [6.45, 7) is 1.81. The van der Waals surface area contributed by atoms with Crippen LogP contribution in [0.4, 0.5) is 0 Å². The highest BCUT2D eigenvalue weighted by molar-refractivity contribution is 5.85. The highest BCUT2D eigenvalue weighted by atomic mass is 16.5. The maximum Gasteiger partial charge on any atom is 0.306 e. The van der Waals surface area contributed by atoms with E-state index in [0.717, 1.165) is 19.3 Å². The van der Waals surface area contributed by atoms with Gasteiger partial charge in [-0.1, -0.05) is 6.42 Å². The van der Waals surface area contributed by atoms with Gasteiger partial charge >= 0.3 is 5.97 Å². The van der Waals surface area contributed by atoms with Gasteiger partial charge in [-0.15, -0.1) is 0 Å². The van der Waals surface area contributed by atoms with Gasteiger partial charge in [-0.3, -0.25) is 14.4 Å². The predicted molar refractivity (Wildman–Crippen MR) is 73.6 cm³/mol. The van der Waals surface area contributed by atoms with Crippen molar-refractivity contribution in [2.24, 2.45) is 0 Å². The van der Waals surface area contributed by atoms with Crippen molar-refractivity contribution >= 4 is 17.8 Å². The van der Waals surface area contributed by atoms with E-state index < -0.39 is 12.1 Å². The molecule has 2 saturated heterocycles. The van der Waals surface area contributed by atoms with Crippen molar-refractivity contribution in [2.75, 3.05) is 32.8 Å². The molecule has 0 spiro atoms. The third kappa shape index (κ3) is 4.70. The van der Waals surface area contributed by atoms with Crippen LogP contribution in [0.25, 0.3) is 0 Å². The number of likely N-dealkylation sites (tertiary alicyclic amines) is 1. The quantitative estimate of drug-likeness (QED) is 0.795. The maximum atomic E-state index is 12.3. The molecule has 0 radical (unpaired) electrons. The molecule has 118 valence electrons. The molecule has 0 bridgehead atoms. The Balaban J connectivity index is 1.86. The molecule has 2 heterocycles. The number of rotatable bonds is 4. The molecule has 0 saturated carbocycles. The van der Waals surface area contributed by atoms with E-state index in [1.54, 1.807) is 9.80 Å². The molecule has 2 rings (SSSR count). The van der Waals surface area contributed by atoms with Crippen molar-refractivity contribution in [3.63, 3.8) is 0 Å². The molecule has 7 heteroatoms. The Labute approximate surface area is 123 Å². The topological polar surface area (TPSA) is 87.2 Å². The number of amides is 2. The lowest BCUT2D eigenvalue weighted by atomic mass is 10.2. The average molecular weight is 298 g/mol. The zero-order chi connectivity index (χ0) is 15.2. The first-order valence-corrected chi connectivity index (χ1v) is 7.45. The van der Waals surface area contributed by atoms with Gasteiger partial charge < -0.3 is 19.6 Å². The van der Waals surface area contributed by atoms with Gasteiger partial charge in [-0.05, 0) is 12.8 Å². The monoisotopic (exact) mass is 298 g/mol. The number of hydrogen-bond acceptors (Lipinski definition) is 4. The van der Waals surface area contributed by atoms with Gasteiger partial charge in [0.15, 0.2) is 0 Å². The van der Waals surface area contributed by atoms with E-state index in [4.69, 9.17) is 9.84 Å². The van der Waals surface area contributed by atoms with Gasteiger partial charge in [-0.2, -0.15) is 0 Å². The fourth-order valence-electron chi connectivity index (χ4n) is 2.73. The van der Waals surface area contributed by atoms with E-state index in [0.29, 0.717) is 26.1 Å². The van der Waals surface area contributed by atoms with Crippen LogP contribution in [0.2, 0.25) is 0 Å². The average Bonchev–Trinajstić information content (AvgIpc) is 2.64. The van der Waals surface area contributed by atoms with Crippen LogP contribution < -0.4 is 0 Å². The van der Waals surface area contributed by atoms with E-state index in [1.165, 1.54) is 0 Å². The molecule has 2 amide bonds. The van der Waals surface area contributed by atoms with Crippen LogP contribution >= 0.6 is 0 Å². The van der Waals surface area contributed by atoms with Crippen molar-refractivity contribution < 1.29 is 24.2 Å². The molecule has 1 atom stereocenters. The van der Waals surface area contributed by atoms with Gasteiger partial charge in [0.2, 0.25) is 11.8 Å². The number of ether oxygens (including phenoxy) is 1. The zero-order valence-electron chi connectivity index (χ0n) is 12.1. The van der Waals surface area contributed by atoms with Crippen LogP contribution in [0, 0.1) is 0 Å². The number of nitrogens with zero attached hydrogens (tertiary/aromatic N) is 2. The zero-order valence-corrected chi connectivity index (χ0v) is 12.1. The molecule has 1 N–H and O–H groups in total. The molecule has 2 fully saturated rings. The second kappa shape index (κ2) is 7.40. The van der Waals surface area contributed by atoms with Crippen molar-refractivity contribution in [1.29, 1.82) is 0 Å². The van der Waals surface area contributed by atoms with Crippen molar-refractivity contribution in [1.82, 2.24) is 9.80 Å².